The largest absolute Gasteiger partial charge is 0.493 e. The van der Waals surface area contributed by atoms with Crippen LogP contribution in [0, 0.1) is 0 Å². The summed E-state index contributed by atoms with van der Waals surface area (Å²) in [6.45, 7) is 0.652. The Morgan fingerprint density at radius 3 is 2.04 bits per heavy atom. The fourth-order valence-corrected chi connectivity index (χ4v) is 2.79. The molecule has 1 N–H and O–H groups in total. The first kappa shape index (κ1) is 16.9. The van der Waals surface area contributed by atoms with Crippen molar-refractivity contribution < 1.29 is 9.47 Å². The molecule has 0 radical (unpaired) electrons. The third-order valence-corrected chi connectivity index (χ3v) is 4.23. The summed E-state index contributed by atoms with van der Waals surface area (Å²) >= 11 is 0. The number of nitrogens with zero attached hydrogens (tertiary/aromatic N) is 1. The lowest BCUT2D eigenvalue weighted by atomic mass is 10.1. The molecule has 4 aromatic rings. The molecule has 4 rings (SSSR count). The van der Waals surface area contributed by atoms with E-state index in [0.29, 0.717) is 6.61 Å². The first-order chi connectivity index (χ1) is 13.4. The van der Waals surface area contributed by atoms with Gasteiger partial charge >= 0.3 is 0 Å². The zero-order valence-corrected chi connectivity index (χ0v) is 14.8. The fraction of sp³-hybridized carbons (Fsp3) is 0.0870. The number of aromatic nitrogens is 2. The first-order valence-electron chi connectivity index (χ1n) is 8.91. The van der Waals surface area contributed by atoms with Gasteiger partial charge in [0.05, 0.1) is 12.3 Å². The molecule has 1 aromatic heterocycles. The van der Waals surface area contributed by atoms with Crippen LogP contribution >= 0.6 is 0 Å². The van der Waals surface area contributed by atoms with Crippen LogP contribution in [0.5, 0.6) is 17.2 Å². The van der Waals surface area contributed by atoms with Crippen molar-refractivity contribution in [2.24, 2.45) is 0 Å². The van der Waals surface area contributed by atoms with Crippen molar-refractivity contribution in [1.82, 2.24) is 10.2 Å². The minimum Gasteiger partial charge on any atom is -0.493 e. The average Bonchev–Trinajstić information content (AvgIpc) is 3.26. The Balaban J connectivity index is 1.31. The number of benzene rings is 3. The second-order valence-corrected chi connectivity index (χ2v) is 6.15. The molecule has 3 aromatic carbocycles. The van der Waals surface area contributed by atoms with E-state index in [0.717, 1.165) is 34.9 Å². The van der Waals surface area contributed by atoms with Gasteiger partial charge in [0.2, 0.25) is 0 Å². The summed E-state index contributed by atoms with van der Waals surface area (Å²) in [6.07, 6.45) is 2.63. The summed E-state index contributed by atoms with van der Waals surface area (Å²) in [5, 5.41) is 6.92. The predicted octanol–water partition coefficient (Wildman–Crippen LogP) is 5.49. The molecule has 134 valence electrons. The van der Waals surface area contributed by atoms with Crippen molar-refractivity contribution in [2.45, 2.75) is 6.42 Å². The molecular weight excluding hydrogens is 336 g/mol. The van der Waals surface area contributed by atoms with Crippen molar-refractivity contribution in [1.29, 1.82) is 0 Å². The van der Waals surface area contributed by atoms with Gasteiger partial charge in [0.15, 0.2) is 0 Å². The van der Waals surface area contributed by atoms with Gasteiger partial charge in [-0.1, -0.05) is 30.3 Å². The van der Waals surface area contributed by atoms with E-state index in [9.17, 15) is 0 Å². The molecule has 0 saturated carbocycles. The topological polar surface area (TPSA) is 47.1 Å². The predicted molar refractivity (Wildman–Crippen MR) is 106 cm³/mol. The number of aromatic amines is 1. The SMILES string of the molecule is c1ccc(CCOc2ccc(Oc3ccc(-c4ccn[nH]4)cc3)cc2)cc1. The number of ether oxygens (including phenoxy) is 2. The third kappa shape index (κ3) is 4.55. The van der Waals surface area contributed by atoms with Crippen molar-refractivity contribution >= 4 is 0 Å². The Kier molecular flexibility index (Phi) is 5.16. The van der Waals surface area contributed by atoms with Gasteiger partial charge in [-0.2, -0.15) is 5.10 Å². The van der Waals surface area contributed by atoms with Gasteiger partial charge in [0.25, 0.3) is 0 Å². The molecule has 4 heteroatoms. The highest BCUT2D eigenvalue weighted by Crippen LogP contribution is 2.26. The van der Waals surface area contributed by atoms with Crippen molar-refractivity contribution in [3.05, 3.63) is 96.7 Å². The maximum atomic E-state index is 5.90. The van der Waals surface area contributed by atoms with E-state index in [1.54, 1.807) is 6.20 Å². The van der Waals surface area contributed by atoms with Gasteiger partial charge < -0.3 is 9.47 Å². The molecule has 0 fully saturated rings. The lowest BCUT2D eigenvalue weighted by Crippen LogP contribution is -2.01. The van der Waals surface area contributed by atoms with Crippen molar-refractivity contribution in [2.75, 3.05) is 6.61 Å². The summed E-state index contributed by atoms with van der Waals surface area (Å²) in [7, 11) is 0. The summed E-state index contributed by atoms with van der Waals surface area (Å²) < 4.78 is 11.7. The Labute approximate surface area is 158 Å². The smallest absolute Gasteiger partial charge is 0.127 e. The summed E-state index contributed by atoms with van der Waals surface area (Å²) in [5.41, 5.74) is 3.33. The van der Waals surface area contributed by atoms with Gasteiger partial charge in [-0.05, 0) is 65.7 Å². The Morgan fingerprint density at radius 1 is 0.704 bits per heavy atom. The maximum absolute atomic E-state index is 5.90. The molecular formula is C23H20N2O2. The van der Waals surface area contributed by atoms with Crippen molar-refractivity contribution in [3.8, 4) is 28.5 Å². The highest BCUT2D eigenvalue weighted by atomic mass is 16.5. The quantitative estimate of drug-likeness (QED) is 0.476. The summed E-state index contributed by atoms with van der Waals surface area (Å²) in [4.78, 5) is 0. The van der Waals surface area contributed by atoms with E-state index in [4.69, 9.17) is 9.47 Å². The molecule has 0 aliphatic carbocycles. The molecule has 1 heterocycles. The lowest BCUT2D eigenvalue weighted by molar-refractivity contribution is 0.321. The van der Waals surface area contributed by atoms with E-state index in [-0.39, 0.29) is 0 Å². The van der Waals surface area contributed by atoms with Crippen LogP contribution in [0.1, 0.15) is 5.56 Å². The fourth-order valence-electron chi connectivity index (χ4n) is 2.79. The Bertz CT molecular complexity index is 948. The van der Waals surface area contributed by atoms with Crippen LogP contribution in [0.25, 0.3) is 11.3 Å². The van der Waals surface area contributed by atoms with E-state index < -0.39 is 0 Å². The highest BCUT2D eigenvalue weighted by molar-refractivity contribution is 5.59. The Hall–Kier alpha value is -3.53. The summed E-state index contributed by atoms with van der Waals surface area (Å²) in [5.74, 6) is 2.41. The van der Waals surface area contributed by atoms with Gasteiger partial charge in [-0.25, -0.2) is 0 Å². The standard InChI is InChI=1S/C23H20N2O2/c1-2-4-18(5-3-1)15-17-26-20-10-12-22(13-11-20)27-21-8-6-19(7-9-21)23-14-16-24-25-23/h1-14,16H,15,17H2,(H,24,25). The van der Waals surface area contributed by atoms with Crippen LogP contribution < -0.4 is 9.47 Å². The van der Waals surface area contributed by atoms with Crippen LogP contribution in [0.4, 0.5) is 0 Å². The molecule has 4 nitrogen and oxygen atoms in total. The second kappa shape index (κ2) is 8.23. The second-order valence-electron chi connectivity index (χ2n) is 6.15. The van der Waals surface area contributed by atoms with Crippen molar-refractivity contribution in [3.63, 3.8) is 0 Å². The average molecular weight is 356 g/mol. The van der Waals surface area contributed by atoms with Crippen LogP contribution in [-0.2, 0) is 6.42 Å². The van der Waals surface area contributed by atoms with Gasteiger partial charge in [-0.15, -0.1) is 0 Å². The molecule has 0 aliphatic heterocycles. The zero-order chi connectivity index (χ0) is 18.3. The highest BCUT2D eigenvalue weighted by Gasteiger charge is 2.02. The van der Waals surface area contributed by atoms with Gasteiger partial charge in [0.1, 0.15) is 17.2 Å². The maximum Gasteiger partial charge on any atom is 0.127 e. The van der Waals surface area contributed by atoms with Crippen LogP contribution in [0.3, 0.4) is 0 Å². The molecule has 0 spiro atoms. The number of rotatable bonds is 7. The molecule has 0 unspecified atom stereocenters. The number of H-pyrrole nitrogens is 1. The molecule has 27 heavy (non-hydrogen) atoms. The number of hydrogen-bond donors (Lipinski definition) is 1. The van der Waals surface area contributed by atoms with Gasteiger partial charge in [0, 0.05) is 12.6 Å². The molecule has 0 aliphatic rings. The van der Waals surface area contributed by atoms with E-state index >= 15 is 0 Å². The summed E-state index contributed by atoms with van der Waals surface area (Å²) in [6, 6.07) is 27.9. The molecule has 0 atom stereocenters. The third-order valence-electron chi connectivity index (χ3n) is 4.23. The zero-order valence-electron chi connectivity index (χ0n) is 14.8. The molecule has 0 amide bonds. The lowest BCUT2D eigenvalue weighted by Gasteiger charge is -2.09. The van der Waals surface area contributed by atoms with Crippen LogP contribution in [0.2, 0.25) is 0 Å². The normalized spacial score (nSPS) is 10.5. The van der Waals surface area contributed by atoms with E-state index in [1.165, 1.54) is 5.56 Å². The molecule has 0 saturated heterocycles. The molecule has 0 bridgehead atoms. The minimum atomic E-state index is 0.652. The Morgan fingerprint density at radius 2 is 1.37 bits per heavy atom. The number of hydrogen-bond acceptors (Lipinski definition) is 3. The van der Waals surface area contributed by atoms with Crippen LogP contribution in [-0.4, -0.2) is 16.8 Å². The van der Waals surface area contributed by atoms with E-state index in [2.05, 4.69) is 22.3 Å². The van der Waals surface area contributed by atoms with Gasteiger partial charge in [-0.3, -0.25) is 5.10 Å². The number of nitrogens with one attached hydrogen (secondary N) is 1. The first-order valence-corrected chi connectivity index (χ1v) is 8.91. The monoisotopic (exact) mass is 356 g/mol. The minimum absolute atomic E-state index is 0.652. The van der Waals surface area contributed by atoms with E-state index in [1.807, 2.05) is 72.8 Å². The van der Waals surface area contributed by atoms with Crippen LogP contribution in [0.15, 0.2) is 91.1 Å².